The maximum absolute atomic E-state index is 9.27. The van der Waals surface area contributed by atoms with Gasteiger partial charge in [0.05, 0.1) is 5.48 Å². The number of rotatable bonds is 4. The molecule has 0 saturated carbocycles. The molecule has 1 heterocycles. The molecule has 0 atom stereocenters. The number of benzene rings is 9. The second-order valence-electron chi connectivity index (χ2n) is 12.5. The highest BCUT2D eigenvalue weighted by atomic mass is 16.3. The largest absolute Gasteiger partial charge is 0.456 e. The van der Waals surface area contributed by atoms with Crippen molar-refractivity contribution in [2.75, 3.05) is 0 Å². The van der Waals surface area contributed by atoms with Gasteiger partial charge in [0.15, 0.2) is 0 Å². The van der Waals surface area contributed by atoms with Gasteiger partial charge >= 0.3 is 0 Å². The summed E-state index contributed by atoms with van der Waals surface area (Å²) in [5, 5.41) is 8.62. The highest BCUT2D eigenvalue weighted by Gasteiger charge is 2.21. The fraction of sp³-hybridized carbons (Fsp3) is 0. The Labute approximate surface area is 289 Å². The van der Waals surface area contributed by atoms with E-state index in [1.54, 1.807) is 0 Å². The van der Waals surface area contributed by atoms with Gasteiger partial charge in [-0.25, -0.2) is 0 Å². The van der Waals surface area contributed by atoms with Gasteiger partial charge in [0.25, 0.3) is 0 Å². The van der Waals surface area contributed by atoms with Crippen LogP contribution in [0.4, 0.5) is 0 Å². The molecule has 0 amide bonds. The average molecular weight is 627 g/mol. The summed E-state index contributed by atoms with van der Waals surface area (Å²) in [5.74, 6) is 0. The van der Waals surface area contributed by atoms with Crippen LogP contribution in [0, 0.1) is 0 Å². The van der Waals surface area contributed by atoms with E-state index in [0.717, 1.165) is 76.5 Å². The Balaban J connectivity index is 1.28. The van der Waals surface area contributed by atoms with Gasteiger partial charge in [0.2, 0.25) is 0 Å². The van der Waals surface area contributed by atoms with Crippen LogP contribution in [-0.2, 0) is 0 Å². The third kappa shape index (κ3) is 4.40. The molecular formula is C48H30O. The normalized spacial score (nSPS) is 12.8. The van der Waals surface area contributed by atoms with E-state index in [9.17, 15) is 2.74 Å². The van der Waals surface area contributed by atoms with Crippen molar-refractivity contribution in [2.45, 2.75) is 0 Å². The molecule has 10 aromatic rings. The second-order valence-corrected chi connectivity index (χ2v) is 12.5. The fourth-order valence-corrected chi connectivity index (χ4v) is 7.54. The van der Waals surface area contributed by atoms with Crippen LogP contribution >= 0.6 is 0 Å². The maximum atomic E-state index is 9.27. The van der Waals surface area contributed by atoms with Crippen molar-refractivity contribution in [3.05, 3.63) is 182 Å². The van der Waals surface area contributed by atoms with Crippen LogP contribution < -0.4 is 0 Å². The lowest BCUT2D eigenvalue weighted by atomic mass is 9.83. The van der Waals surface area contributed by atoms with E-state index in [1.165, 1.54) is 0 Å². The summed E-state index contributed by atoms with van der Waals surface area (Å²) in [6.07, 6.45) is 0. The molecule has 1 aromatic heterocycles. The highest BCUT2D eigenvalue weighted by molar-refractivity contribution is 6.26. The molecule has 0 aliphatic carbocycles. The SMILES string of the molecule is [2H]c1c([2H])c(-c2ccccc2-c2c3ccccc3c(-c3cccc4oc5cc6ccccc6cc5c34)c3ccccc23)c([2H])c([2H])c1-c1ccccc1. The third-order valence-electron chi connectivity index (χ3n) is 9.72. The van der Waals surface area contributed by atoms with Crippen LogP contribution in [0.5, 0.6) is 0 Å². The van der Waals surface area contributed by atoms with Crippen molar-refractivity contribution < 1.29 is 9.90 Å². The van der Waals surface area contributed by atoms with Crippen molar-refractivity contribution in [1.29, 1.82) is 0 Å². The van der Waals surface area contributed by atoms with Gasteiger partial charge < -0.3 is 4.42 Å². The minimum absolute atomic E-state index is 0.0553. The Kier molecular flexibility index (Phi) is 5.38. The molecule has 0 radical (unpaired) electrons. The minimum atomic E-state index is -0.0615. The summed E-state index contributed by atoms with van der Waals surface area (Å²) in [4.78, 5) is 0. The first-order chi connectivity index (χ1) is 26.0. The van der Waals surface area contributed by atoms with Crippen molar-refractivity contribution in [3.8, 4) is 44.5 Å². The van der Waals surface area contributed by atoms with Gasteiger partial charge in [-0.2, -0.15) is 0 Å². The summed E-state index contributed by atoms with van der Waals surface area (Å²) >= 11 is 0. The standard InChI is InChI=1S/C48H30O/c1-2-13-31(14-3-1)32-25-27-33(28-26-32)36-17-6-7-18-37(36)46-38-19-8-10-21-40(38)47(41-22-11-9-20-39(41)46)42-23-12-24-44-48(42)43-29-34-15-4-5-16-35(34)30-45(43)49-44/h1-30H/i25D,26D,27D,28D. The van der Waals surface area contributed by atoms with Gasteiger partial charge in [0, 0.05) is 10.8 Å². The van der Waals surface area contributed by atoms with Gasteiger partial charge in [-0.3, -0.25) is 0 Å². The van der Waals surface area contributed by atoms with Crippen LogP contribution in [0.15, 0.2) is 186 Å². The predicted molar refractivity (Wildman–Crippen MR) is 208 cm³/mol. The molecule has 10 rings (SSSR count). The van der Waals surface area contributed by atoms with E-state index >= 15 is 0 Å². The van der Waals surface area contributed by atoms with Crippen LogP contribution in [-0.4, -0.2) is 0 Å². The molecule has 0 fully saturated rings. The topological polar surface area (TPSA) is 13.1 Å². The van der Waals surface area contributed by atoms with Crippen LogP contribution in [0.2, 0.25) is 0 Å². The minimum Gasteiger partial charge on any atom is -0.456 e. The molecule has 0 bridgehead atoms. The zero-order valence-electron chi connectivity index (χ0n) is 30.4. The molecule has 1 heteroatoms. The van der Waals surface area contributed by atoms with Gasteiger partial charge in [-0.05, 0) is 95.0 Å². The summed E-state index contributed by atoms with van der Waals surface area (Å²) in [6, 6.07) is 52.7. The quantitative estimate of drug-likeness (QED) is 0.177. The molecule has 9 aromatic carbocycles. The van der Waals surface area contributed by atoms with E-state index in [-0.39, 0.29) is 29.7 Å². The molecule has 0 spiro atoms. The molecule has 0 aliphatic heterocycles. The lowest BCUT2D eigenvalue weighted by Crippen LogP contribution is -1.93. The second kappa shape index (κ2) is 11.1. The van der Waals surface area contributed by atoms with Gasteiger partial charge in [-0.1, -0.05) is 164 Å². The number of furan rings is 1. The first-order valence-corrected chi connectivity index (χ1v) is 16.5. The third-order valence-corrected chi connectivity index (χ3v) is 9.72. The van der Waals surface area contributed by atoms with Crippen LogP contribution in [0.1, 0.15) is 5.48 Å². The first kappa shape index (κ1) is 23.8. The number of fused-ring (bicyclic) bond motifs is 6. The zero-order chi connectivity index (χ0) is 35.8. The zero-order valence-corrected chi connectivity index (χ0v) is 26.4. The molecule has 49 heavy (non-hydrogen) atoms. The summed E-state index contributed by atoms with van der Waals surface area (Å²) < 4.78 is 43.2. The molecule has 0 saturated heterocycles. The van der Waals surface area contributed by atoms with Crippen molar-refractivity contribution in [2.24, 2.45) is 0 Å². The highest BCUT2D eigenvalue weighted by Crippen LogP contribution is 2.48. The smallest absolute Gasteiger partial charge is 0.136 e. The Morgan fingerprint density at radius 1 is 0.347 bits per heavy atom. The lowest BCUT2D eigenvalue weighted by Gasteiger charge is -2.20. The number of hydrogen-bond donors (Lipinski definition) is 0. The van der Waals surface area contributed by atoms with Crippen molar-refractivity contribution in [1.82, 2.24) is 0 Å². The Morgan fingerprint density at radius 2 is 0.857 bits per heavy atom. The molecule has 1 nitrogen and oxygen atoms in total. The van der Waals surface area contributed by atoms with Crippen LogP contribution in [0.3, 0.4) is 0 Å². The fourth-order valence-electron chi connectivity index (χ4n) is 7.54. The maximum Gasteiger partial charge on any atom is 0.136 e. The van der Waals surface area contributed by atoms with Crippen molar-refractivity contribution in [3.63, 3.8) is 0 Å². The molecule has 228 valence electrons. The van der Waals surface area contributed by atoms with Gasteiger partial charge in [-0.15, -0.1) is 0 Å². The van der Waals surface area contributed by atoms with E-state index < -0.39 is 0 Å². The Morgan fingerprint density at radius 3 is 1.53 bits per heavy atom. The van der Waals surface area contributed by atoms with Gasteiger partial charge in [0.1, 0.15) is 11.2 Å². The molecular weight excluding hydrogens is 593 g/mol. The molecule has 0 aliphatic rings. The summed E-state index contributed by atoms with van der Waals surface area (Å²) in [6.45, 7) is 0. The Bertz CT molecular complexity index is 3020. The van der Waals surface area contributed by atoms with E-state index in [1.807, 2.05) is 66.7 Å². The predicted octanol–water partition coefficient (Wildman–Crippen LogP) is 13.7. The number of hydrogen-bond acceptors (Lipinski definition) is 1. The lowest BCUT2D eigenvalue weighted by molar-refractivity contribution is 0.669. The molecule has 0 unspecified atom stereocenters. The monoisotopic (exact) mass is 626 g/mol. The average Bonchev–Trinajstić information content (AvgIpc) is 3.57. The summed E-state index contributed by atoms with van der Waals surface area (Å²) in [7, 11) is 0. The van der Waals surface area contributed by atoms with Crippen LogP contribution in [0.25, 0.3) is 98.8 Å². The summed E-state index contributed by atoms with van der Waals surface area (Å²) in [5.41, 5.74) is 7.60. The van der Waals surface area contributed by atoms with E-state index in [2.05, 4.69) is 91.0 Å². The Hall–Kier alpha value is -6.44. The molecule has 0 N–H and O–H groups in total. The van der Waals surface area contributed by atoms with Crippen molar-refractivity contribution >= 4 is 54.3 Å². The van der Waals surface area contributed by atoms with E-state index in [0.29, 0.717) is 16.7 Å². The first-order valence-electron chi connectivity index (χ1n) is 18.5. The van der Waals surface area contributed by atoms with E-state index in [4.69, 9.17) is 7.16 Å².